The average molecular weight is 459 g/mol. The van der Waals surface area contributed by atoms with E-state index in [1.807, 2.05) is 49.4 Å². The number of anilines is 1. The molecule has 0 atom stereocenters. The second-order valence-corrected chi connectivity index (χ2v) is 7.29. The Morgan fingerprint density at radius 1 is 0.853 bits per heavy atom. The predicted octanol–water partition coefficient (Wildman–Crippen LogP) is 3.03. The number of benzene rings is 3. The summed E-state index contributed by atoms with van der Waals surface area (Å²) in [6.45, 7) is 2.26. The van der Waals surface area contributed by atoms with Crippen LogP contribution in [0.4, 0.5) is 5.69 Å². The Kier molecular flexibility index (Phi) is 8.92. The Bertz CT molecular complexity index is 1140. The number of nitrogens with zero attached hydrogens (tertiary/aromatic N) is 1. The van der Waals surface area contributed by atoms with Gasteiger partial charge in [0.1, 0.15) is 5.75 Å². The van der Waals surface area contributed by atoms with Crippen molar-refractivity contribution in [3.8, 4) is 5.75 Å². The summed E-state index contributed by atoms with van der Waals surface area (Å²) in [4.78, 5) is 36.2. The van der Waals surface area contributed by atoms with E-state index in [4.69, 9.17) is 4.74 Å². The molecule has 0 aliphatic rings. The molecule has 0 saturated heterocycles. The lowest BCUT2D eigenvalue weighted by Gasteiger charge is -2.09. The molecule has 0 aliphatic carbocycles. The molecular weight excluding hydrogens is 432 g/mol. The van der Waals surface area contributed by atoms with Crippen molar-refractivity contribution < 1.29 is 19.1 Å². The van der Waals surface area contributed by atoms with Crippen molar-refractivity contribution in [1.82, 2.24) is 10.7 Å². The number of hydrogen-bond acceptors (Lipinski definition) is 5. The predicted molar refractivity (Wildman–Crippen MR) is 130 cm³/mol. The monoisotopic (exact) mass is 458 g/mol. The number of para-hydroxylation sites is 1. The van der Waals surface area contributed by atoms with Gasteiger partial charge < -0.3 is 15.4 Å². The van der Waals surface area contributed by atoms with E-state index in [0.29, 0.717) is 23.5 Å². The highest BCUT2D eigenvalue weighted by molar-refractivity contribution is 6.39. The van der Waals surface area contributed by atoms with Crippen LogP contribution in [0, 0.1) is 0 Å². The third-order valence-electron chi connectivity index (χ3n) is 4.81. The van der Waals surface area contributed by atoms with Crippen LogP contribution in [0.5, 0.6) is 5.75 Å². The van der Waals surface area contributed by atoms with Gasteiger partial charge >= 0.3 is 11.8 Å². The number of carbonyl (C=O) groups is 3. The minimum Gasteiger partial charge on any atom is -0.483 e. The van der Waals surface area contributed by atoms with Crippen LogP contribution < -0.4 is 20.8 Å². The van der Waals surface area contributed by atoms with Crippen molar-refractivity contribution in [2.24, 2.45) is 5.10 Å². The zero-order valence-corrected chi connectivity index (χ0v) is 18.8. The van der Waals surface area contributed by atoms with Gasteiger partial charge in [-0.25, -0.2) is 5.43 Å². The van der Waals surface area contributed by atoms with Crippen molar-refractivity contribution in [3.05, 3.63) is 95.6 Å². The maximum absolute atomic E-state index is 12.1. The third-order valence-corrected chi connectivity index (χ3v) is 4.81. The molecule has 3 rings (SSSR count). The fraction of sp³-hybridized carbons (Fsp3) is 0.154. The summed E-state index contributed by atoms with van der Waals surface area (Å²) in [5.74, 6) is -1.60. The summed E-state index contributed by atoms with van der Waals surface area (Å²) in [5.41, 5.74) is 5.36. The molecule has 8 nitrogen and oxygen atoms in total. The first-order chi connectivity index (χ1) is 16.5. The molecule has 0 radical (unpaired) electrons. The van der Waals surface area contributed by atoms with Crippen molar-refractivity contribution in [2.45, 2.75) is 19.9 Å². The molecule has 0 bridgehead atoms. The average Bonchev–Trinajstić information content (AvgIpc) is 2.87. The number of nitrogens with one attached hydrogen (secondary N) is 3. The van der Waals surface area contributed by atoms with Gasteiger partial charge in [-0.15, -0.1) is 0 Å². The van der Waals surface area contributed by atoms with E-state index in [1.54, 1.807) is 36.4 Å². The molecule has 3 N–H and O–H groups in total. The van der Waals surface area contributed by atoms with E-state index >= 15 is 0 Å². The minimum absolute atomic E-state index is 0.177. The summed E-state index contributed by atoms with van der Waals surface area (Å²) in [5, 5.41) is 9.13. The Morgan fingerprint density at radius 3 is 2.29 bits per heavy atom. The van der Waals surface area contributed by atoms with E-state index in [2.05, 4.69) is 21.2 Å². The molecule has 8 heteroatoms. The van der Waals surface area contributed by atoms with Gasteiger partial charge in [-0.3, -0.25) is 14.4 Å². The number of amides is 3. The van der Waals surface area contributed by atoms with Crippen molar-refractivity contribution in [2.75, 3.05) is 11.9 Å². The maximum atomic E-state index is 12.1. The molecular formula is C26H26N4O4. The number of aryl methyl sites for hydroxylation is 1. The van der Waals surface area contributed by atoms with Crippen LogP contribution in [0.15, 0.2) is 84.0 Å². The molecule has 3 aromatic carbocycles. The lowest BCUT2D eigenvalue weighted by molar-refractivity contribution is -0.136. The lowest BCUT2D eigenvalue weighted by atomic mass is 10.1. The number of carbonyl (C=O) groups excluding carboxylic acids is 3. The van der Waals surface area contributed by atoms with E-state index in [1.165, 1.54) is 6.21 Å². The van der Waals surface area contributed by atoms with Crippen LogP contribution in [0.3, 0.4) is 0 Å². The molecule has 0 heterocycles. The molecule has 0 saturated carbocycles. The van der Waals surface area contributed by atoms with Gasteiger partial charge in [0, 0.05) is 17.8 Å². The van der Waals surface area contributed by atoms with E-state index in [0.717, 1.165) is 17.5 Å². The first-order valence-corrected chi connectivity index (χ1v) is 10.8. The van der Waals surface area contributed by atoms with Crippen LogP contribution in [-0.4, -0.2) is 30.5 Å². The molecule has 174 valence electrons. The second kappa shape index (κ2) is 12.5. The van der Waals surface area contributed by atoms with Gasteiger partial charge in [-0.2, -0.15) is 5.10 Å². The molecule has 0 fully saturated rings. The van der Waals surface area contributed by atoms with Crippen LogP contribution in [0.2, 0.25) is 0 Å². The van der Waals surface area contributed by atoms with Crippen LogP contribution >= 0.6 is 0 Å². The van der Waals surface area contributed by atoms with E-state index in [-0.39, 0.29) is 12.5 Å². The highest BCUT2D eigenvalue weighted by atomic mass is 16.5. The van der Waals surface area contributed by atoms with Gasteiger partial charge in [-0.1, -0.05) is 61.5 Å². The Morgan fingerprint density at radius 2 is 1.56 bits per heavy atom. The highest BCUT2D eigenvalue weighted by Gasteiger charge is 2.13. The quantitative estimate of drug-likeness (QED) is 0.260. The van der Waals surface area contributed by atoms with Crippen LogP contribution in [0.1, 0.15) is 23.6 Å². The summed E-state index contributed by atoms with van der Waals surface area (Å²) < 4.78 is 5.59. The number of ether oxygens (including phenoxy) is 1. The molecule has 0 aromatic heterocycles. The first-order valence-electron chi connectivity index (χ1n) is 10.8. The number of hydrazone groups is 1. The Labute approximate surface area is 198 Å². The summed E-state index contributed by atoms with van der Waals surface area (Å²) in [7, 11) is 0. The van der Waals surface area contributed by atoms with Gasteiger partial charge in [-0.05, 0) is 41.8 Å². The molecule has 0 spiro atoms. The fourth-order valence-electron chi connectivity index (χ4n) is 2.93. The zero-order chi connectivity index (χ0) is 24.2. The summed E-state index contributed by atoms with van der Waals surface area (Å²) in [6, 6.07) is 23.7. The SMILES string of the molecule is CCc1ccc(NC(=O)C(=O)N/N=C\c2ccccc2OCC(=O)NCc2ccccc2)cc1. The van der Waals surface area contributed by atoms with Crippen molar-refractivity contribution in [3.63, 3.8) is 0 Å². The third kappa shape index (κ3) is 7.59. The van der Waals surface area contributed by atoms with E-state index < -0.39 is 11.8 Å². The van der Waals surface area contributed by atoms with Crippen molar-refractivity contribution >= 4 is 29.6 Å². The standard InChI is InChI=1S/C26H26N4O4/c1-2-19-12-14-22(15-13-19)29-25(32)26(33)30-28-17-21-10-6-7-11-23(21)34-18-24(31)27-16-20-8-4-3-5-9-20/h3-15,17H,2,16,18H2,1H3,(H,27,31)(H,29,32)(H,30,33)/b28-17-. The zero-order valence-electron chi connectivity index (χ0n) is 18.8. The lowest BCUT2D eigenvalue weighted by Crippen LogP contribution is -2.32. The minimum atomic E-state index is -0.908. The highest BCUT2D eigenvalue weighted by Crippen LogP contribution is 2.15. The topological polar surface area (TPSA) is 109 Å². The molecule has 34 heavy (non-hydrogen) atoms. The fourth-order valence-corrected chi connectivity index (χ4v) is 2.93. The first kappa shape index (κ1) is 24.2. The van der Waals surface area contributed by atoms with Gasteiger partial charge in [0.15, 0.2) is 6.61 Å². The molecule has 3 amide bonds. The molecule has 3 aromatic rings. The van der Waals surface area contributed by atoms with Gasteiger partial charge in [0.05, 0.1) is 6.21 Å². The summed E-state index contributed by atoms with van der Waals surface area (Å²) >= 11 is 0. The van der Waals surface area contributed by atoms with E-state index in [9.17, 15) is 14.4 Å². The molecule has 0 unspecified atom stereocenters. The van der Waals surface area contributed by atoms with Gasteiger partial charge in [0.2, 0.25) is 0 Å². The van der Waals surface area contributed by atoms with Crippen LogP contribution in [-0.2, 0) is 27.3 Å². The molecule has 0 aliphatic heterocycles. The van der Waals surface area contributed by atoms with Crippen LogP contribution in [0.25, 0.3) is 0 Å². The second-order valence-electron chi connectivity index (χ2n) is 7.29. The Balaban J connectivity index is 1.48. The Hall–Kier alpha value is -4.46. The summed E-state index contributed by atoms with van der Waals surface area (Å²) in [6.07, 6.45) is 2.23. The van der Waals surface area contributed by atoms with Crippen molar-refractivity contribution in [1.29, 1.82) is 0 Å². The number of rotatable bonds is 9. The smallest absolute Gasteiger partial charge is 0.329 e. The number of hydrogen-bond donors (Lipinski definition) is 3. The normalized spacial score (nSPS) is 10.5. The van der Waals surface area contributed by atoms with Gasteiger partial charge in [0.25, 0.3) is 5.91 Å². The largest absolute Gasteiger partial charge is 0.483 e. The maximum Gasteiger partial charge on any atom is 0.329 e.